The van der Waals surface area contributed by atoms with E-state index in [-0.39, 0.29) is 5.78 Å². The third-order valence-electron chi connectivity index (χ3n) is 5.26. The van der Waals surface area contributed by atoms with Crippen LogP contribution in [0, 0.1) is 20.8 Å². The largest absolute Gasteiger partial charge is 0.478 e. The summed E-state index contributed by atoms with van der Waals surface area (Å²) >= 11 is 1.12. The summed E-state index contributed by atoms with van der Waals surface area (Å²) in [6, 6.07) is 8.23. The molecule has 0 aliphatic heterocycles. The lowest BCUT2D eigenvalue weighted by molar-refractivity contribution is -0.152. The predicted octanol–water partition coefficient (Wildman–Crippen LogP) is 6.89. The van der Waals surface area contributed by atoms with Crippen LogP contribution in [0.2, 0.25) is 0 Å². The molecular formula is C26H24F3NO4S. The fourth-order valence-corrected chi connectivity index (χ4v) is 4.33. The van der Waals surface area contributed by atoms with Crippen LogP contribution in [0.4, 0.5) is 13.2 Å². The molecule has 5 nitrogen and oxygen atoms in total. The van der Waals surface area contributed by atoms with Crippen molar-refractivity contribution in [2.75, 3.05) is 0 Å². The van der Waals surface area contributed by atoms with Crippen molar-refractivity contribution in [1.29, 1.82) is 0 Å². The summed E-state index contributed by atoms with van der Waals surface area (Å²) in [4.78, 5) is 28.9. The number of halogens is 3. The van der Waals surface area contributed by atoms with Crippen LogP contribution in [0.25, 0.3) is 16.6 Å². The highest BCUT2D eigenvalue weighted by Gasteiger charge is 2.31. The highest BCUT2D eigenvalue weighted by Crippen LogP contribution is 2.33. The SMILES string of the molecule is Cc1cc(C=CC(=O)c2sc(-c3ccc(C(F)(F)F)cc3)nc2C)cc(C)c1OC(C)(C)C(=O)O. The maximum atomic E-state index is 12.8. The van der Waals surface area contributed by atoms with Gasteiger partial charge in [0.2, 0.25) is 0 Å². The fraction of sp³-hybridized carbons (Fsp3) is 0.269. The average Bonchev–Trinajstić information content (AvgIpc) is 3.15. The number of carbonyl (C=O) groups is 2. The predicted molar refractivity (Wildman–Crippen MR) is 129 cm³/mol. The molecule has 0 bridgehead atoms. The first-order valence-corrected chi connectivity index (χ1v) is 11.4. The van der Waals surface area contributed by atoms with Crippen molar-refractivity contribution < 1.29 is 32.6 Å². The number of allylic oxidation sites excluding steroid dienone is 1. The zero-order chi connectivity index (χ0) is 26.1. The van der Waals surface area contributed by atoms with Gasteiger partial charge in [0.15, 0.2) is 11.4 Å². The second kappa shape index (κ2) is 9.65. The van der Waals surface area contributed by atoms with Gasteiger partial charge in [-0.05, 0) is 81.7 Å². The second-order valence-corrected chi connectivity index (χ2v) is 9.61. The summed E-state index contributed by atoms with van der Waals surface area (Å²) in [5.41, 5.74) is 1.04. The van der Waals surface area contributed by atoms with Crippen molar-refractivity contribution in [2.45, 2.75) is 46.4 Å². The number of benzene rings is 2. The van der Waals surface area contributed by atoms with Gasteiger partial charge in [-0.1, -0.05) is 18.2 Å². The van der Waals surface area contributed by atoms with Gasteiger partial charge in [-0.2, -0.15) is 13.2 Å². The molecule has 0 amide bonds. The molecule has 3 aromatic rings. The minimum atomic E-state index is -4.42. The van der Waals surface area contributed by atoms with Crippen LogP contribution in [-0.4, -0.2) is 27.4 Å². The number of carboxylic acid groups (broad SMARTS) is 1. The van der Waals surface area contributed by atoms with E-state index in [2.05, 4.69) is 4.98 Å². The van der Waals surface area contributed by atoms with E-state index in [4.69, 9.17) is 4.74 Å². The van der Waals surface area contributed by atoms with E-state index in [1.54, 1.807) is 39.0 Å². The quantitative estimate of drug-likeness (QED) is 0.281. The van der Waals surface area contributed by atoms with Crippen molar-refractivity contribution in [3.05, 3.63) is 75.3 Å². The molecule has 9 heteroatoms. The summed E-state index contributed by atoms with van der Waals surface area (Å²) in [5, 5.41) is 9.77. The number of aromatic nitrogens is 1. The number of nitrogens with zero attached hydrogens (tertiary/aromatic N) is 1. The molecule has 0 aliphatic carbocycles. The van der Waals surface area contributed by atoms with E-state index in [9.17, 15) is 27.9 Å². The lowest BCUT2D eigenvalue weighted by Gasteiger charge is -2.24. The third kappa shape index (κ3) is 5.97. The Morgan fingerprint density at radius 3 is 2.11 bits per heavy atom. The van der Waals surface area contributed by atoms with Crippen LogP contribution in [0.3, 0.4) is 0 Å². The van der Waals surface area contributed by atoms with Gasteiger partial charge in [0, 0.05) is 5.56 Å². The van der Waals surface area contributed by atoms with Crippen LogP contribution in [0.15, 0.2) is 42.5 Å². The number of carboxylic acids is 1. The number of carbonyl (C=O) groups excluding carboxylic acids is 1. The first-order valence-electron chi connectivity index (χ1n) is 10.6. The Bertz CT molecular complexity index is 1280. The molecule has 3 rings (SSSR count). The minimum Gasteiger partial charge on any atom is -0.478 e. The van der Waals surface area contributed by atoms with E-state index in [0.29, 0.717) is 26.9 Å². The molecule has 0 fully saturated rings. The first-order chi connectivity index (χ1) is 16.2. The van der Waals surface area contributed by atoms with E-state index >= 15 is 0 Å². The maximum absolute atomic E-state index is 12.8. The number of ether oxygens (including phenoxy) is 1. The number of thiazole rings is 1. The molecule has 184 valence electrons. The minimum absolute atomic E-state index is 0.277. The number of hydrogen-bond acceptors (Lipinski definition) is 5. The van der Waals surface area contributed by atoms with Gasteiger partial charge in [0.25, 0.3) is 0 Å². The Labute approximate surface area is 204 Å². The topological polar surface area (TPSA) is 76.5 Å². The second-order valence-electron chi connectivity index (χ2n) is 8.61. The van der Waals surface area contributed by atoms with E-state index in [1.807, 2.05) is 0 Å². The fourth-order valence-electron chi connectivity index (χ4n) is 3.34. The smallest absolute Gasteiger partial charge is 0.416 e. The number of alkyl halides is 3. The summed E-state index contributed by atoms with van der Waals surface area (Å²) in [6.07, 6.45) is -1.37. The van der Waals surface area contributed by atoms with E-state index < -0.39 is 23.3 Å². The van der Waals surface area contributed by atoms with Gasteiger partial charge >= 0.3 is 12.1 Å². The van der Waals surface area contributed by atoms with Crippen molar-refractivity contribution in [3.8, 4) is 16.3 Å². The van der Waals surface area contributed by atoms with Crippen LogP contribution >= 0.6 is 11.3 Å². The Morgan fingerprint density at radius 1 is 1.03 bits per heavy atom. The molecule has 0 atom stereocenters. The molecule has 1 N–H and O–H groups in total. The van der Waals surface area contributed by atoms with Gasteiger partial charge in [-0.15, -0.1) is 11.3 Å². The van der Waals surface area contributed by atoms with E-state index in [0.717, 1.165) is 40.2 Å². The van der Waals surface area contributed by atoms with Crippen molar-refractivity contribution in [2.24, 2.45) is 0 Å². The lowest BCUT2D eigenvalue weighted by atomic mass is 10.0. The molecule has 35 heavy (non-hydrogen) atoms. The molecule has 0 radical (unpaired) electrons. The van der Waals surface area contributed by atoms with Gasteiger partial charge in [0.1, 0.15) is 10.8 Å². The number of aryl methyl sites for hydroxylation is 3. The molecule has 0 saturated carbocycles. The van der Waals surface area contributed by atoms with Gasteiger partial charge < -0.3 is 9.84 Å². The molecule has 1 heterocycles. The van der Waals surface area contributed by atoms with Crippen molar-refractivity contribution in [3.63, 3.8) is 0 Å². The average molecular weight is 504 g/mol. The van der Waals surface area contributed by atoms with Crippen molar-refractivity contribution >= 4 is 29.2 Å². The Hall–Kier alpha value is -3.46. The molecule has 0 saturated heterocycles. The zero-order valence-corrected chi connectivity index (χ0v) is 20.6. The van der Waals surface area contributed by atoms with Gasteiger partial charge in [0.05, 0.1) is 16.1 Å². The van der Waals surface area contributed by atoms with Crippen LogP contribution in [-0.2, 0) is 11.0 Å². The third-order valence-corrected chi connectivity index (χ3v) is 6.48. The monoisotopic (exact) mass is 503 g/mol. The Morgan fingerprint density at radius 2 is 1.60 bits per heavy atom. The lowest BCUT2D eigenvalue weighted by Crippen LogP contribution is -2.38. The Kier molecular flexibility index (Phi) is 7.21. The summed E-state index contributed by atoms with van der Waals surface area (Å²) in [6.45, 7) is 8.20. The molecule has 0 unspecified atom stereocenters. The number of aliphatic carboxylic acids is 1. The van der Waals surface area contributed by atoms with Crippen molar-refractivity contribution in [1.82, 2.24) is 4.98 Å². The number of ketones is 1. The van der Waals surface area contributed by atoms with Gasteiger partial charge in [-0.3, -0.25) is 4.79 Å². The first kappa shape index (κ1) is 26.2. The molecule has 0 aliphatic rings. The molecule has 0 spiro atoms. The molecule has 2 aromatic carbocycles. The highest BCUT2D eigenvalue weighted by molar-refractivity contribution is 7.17. The molecular weight excluding hydrogens is 479 g/mol. The van der Waals surface area contributed by atoms with E-state index in [1.165, 1.54) is 32.1 Å². The Balaban J connectivity index is 1.80. The van der Waals surface area contributed by atoms with Crippen LogP contribution < -0.4 is 4.74 Å². The highest BCUT2D eigenvalue weighted by atomic mass is 32.1. The van der Waals surface area contributed by atoms with Crippen LogP contribution in [0.1, 0.15) is 51.5 Å². The molecule has 1 aromatic heterocycles. The zero-order valence-electron chi connectivity index (χ0n) is 19.8. The van der Waals surface area contributed by atoms with Gasteiger partial charge in [-0.25, -0.2) is 9.78 Å². The summed E-state index contributed by atoms with van der Waals surface area (Å²) in [5.74, 6) is -0.886. The standard InChI is InChI=1S/C26H24F3NO4S/c1-14-12-17(13-15(2)21(14)34-25(4,5)24(32)33)6-11-20(31)22-16(3)30-23(35-22)18-7-9-19(10-8-18)26(27,28)29/h6-13H,1-5H3,(H,32,33). The summed E-state index contributed by atoms with van der Waals surface area (Å²) < 4.78 is 44.1. The maximum Gasteiger partial charge on any atom is 0.416 e. The van der Waals surface area contributed by atoms with Crippen LogP contribution in [0.5, 0.6) is 5.75 Å². The summed E-state index contributed by atoms with van der Waals surface area (Å²) in [7, 11) is 0. The normalized spacial score (nSPS) is 12.2. The number of hydrogen-bond donors (Lipinski definition) is 1. The number of rotatable bonds is 7.